The highest BCUT2D eigenvalue weighted by atomic mass is 16.8. The minimum Gasteiger partial charge on any atom is -0.299 e. The molecule has 0 amide bonds. The van der Waals surface area contributed by atoms with Crippen LogP contribution in [0.15, 0.2) is 0 Å². The van der Waals surface area contributed by atoms with Crippen molar-refractivity contribution < 1.29 is 9.73 Å². The summed E-state index contributed by atoms with van der Waals surface area (Å²) in [6.07, 6.45) is 4.16. The second-order valence-electron chi connectivity index (χ2n) is 4.35. The molecule has 0 aromatic carbocycles. The summed E-state index contributed by atoms with van der Waals surface area (Å²) < 4.78 is 0. The van der Waals surface area contributed by atoms with Gasteiger partial charge in [0.1, 0.15) is 5.78 Å². The Morgan fingerprint density at radius 3 is 3.23 bits per heavy atom. The molecular formula is C9H14N2O2. The van der Waals surface area contributed by atoms with E-state index in [-0.39, 0.29) is 12.0 Å². The summed E-state index contributed by atoms with van der Waals surface area (Å²) in [5, 5.41) is 0. The first-order valence-electron chi connectivity index (χ1n) is 5.06. The number of nitrogens with one attached hydrogen (secondary N) is 2. The van der Waals surface area contributed by atoms with Gasteiger partial charge in [0.25, 0.3) is 0 Å². The van der Waals surface area contributed by atoms with Gasteiger partial charge < -0.3 is 0 Å². The summed E-state index contributed by atoms with van der Waals surface area (Å²) in [4.78, 5) is 16.7. The van der Waals surface area contributed by atoms with Crippen LogP contribution in [0.1, 0.15) is 25.7 Å². The fourth-order valence-electron chi connectivity index (χ4n) is 3.08. The molecular weight excluding hydrogens is 168 g/mol. The minimum absolute atomic E-state index is 0.216. The summed E-state index contributed by atoms with van der Waals surface area (Å²) in [5.74, 6) is 1.25. The van der Waals surface area contributed by atoms with Crippen molar-refractivity contribution in [1.29, 1.82) is 0 Å². The first-order valence-corrected chi connectivity index (χ1v) is 5.06. The number of hydrogen-bond acceptors (Lipinski definition) is 4. The van der Waals surface area contributed by atoms with Crippen molar-refractivity contribution >= 4 is 5.78 Å². The van der Waals surface area contributed by atoms with E-state index in [1.54, 1.807) is 0 Å². The molecule has 0 bridgehead atoms. The molecule has 1 aliphatic heterocycles. The van der Waals surface area contributed by atoms with E-state index < -0.39 is 0 Å². The lowest BCUT2D eigenvalue weighted by molar-refractivity contribution is -0.127. The lowest BCUT2D eigenvalue weighted by Crippen LogP contribution is -2.39. The summed E-state index contributed by atoms with van der Waals surface area (Å²) >= 11 is 0. The summed E-state index contributed by atoms with van der Waals surface area (Å²) in [6.45, 7) is 0. The molecule has 0 spiro atoms. The van der Waals surface area contributed by atoms with Gasteiger partial charge in [-0.3, -0.25) is 4.79 Å². The standard InChI is InChI=1S/C9H14N2O2/c12-7-3-1-2-5-4-6-9(8(5)7)11-13-10-6/h5-6,8-11H,1-4H2. The van der Waals surface area contributed by atoms with E-state index in [0.717, 1.165) is 19.3 Å². The number of carbonyl (C=O) groups is 1. The van der Waals surface area contributed by atoms with Crippen molar-refractivity contribution in [2.24, 2.45) is 11.8 Å². The van der Waals surface area contributed by atoms with Crippen LogP contribution in [0.4, 0.5) is 0 Å². The van der Waals surface area contributed by atoms with E-state index in [0.29, 0.717) is 17.7 Å². The van der Waals surface area contributed by atoms with Crippen molar-refractivity contribution in [3.05, 3.63) is 0 Å². The first-order chi connectivity index (χ1) is 6.36. The average molecular weight is 182 g/mol. The third-order valence-electron chi connectivity index (χ3n) is 3.66. The van der Waals surface area contributed by atoms with Gasteiger partial charge in [0.05, 0.1) is 12.1 Å². The third kappa shape index (κ3) is 1.06. The topological polar surface area (TPSA) is 50.4 Å². The van der Waals surface area contributed by atoms with Gasteiger partial charge in [0.2, 0.25) is 0 Å². The summed E-state index contributed by atoms with van der Waals surface area (Å²) in [6, 6.07) is 0.592. The highest BCUT2D eigenvalue weighted by Gasteiger charge is 2.50. The van der Waals surface area contributed by atoms with Gasteiger partial charge in [-0.1, -0.05) is 0 Å². The first kappa shape index (κ1) is 7.91. The van der Waals surface area contributed by atoms with Crippen LogP contribution in [0, 0.1) is 11.8 Å². The maximum atomic E-state index is 11.7. The van der Waals surface area contributed by atoms with E-state index >= 15 is 0 Å². The van der Waals surface area contributed by atoms with Crippen LogP contribution in [0.5, 0.6) is 0 Å². The molecule has 1 heterocycles. The van der Waals surface area contributed by atoms with E-state index in [1.165, 1.54) is 6.42 Å². The number of fused-ring (bicyclic) bond motifs is 3. The molecule has 2 N–H and O–H groups in total. The quantitative estimate of drug-likeness (QED) is 0.560. The molecule has 4 heteroatoms. The van der Waals surface area contributed by atoms with Crippen LogP contribution in [-0.4, -0.2) is 17.9 Å². The Kier molecular flexibility index (Phi) is 1.68. The molecule has 0 aromatic heterocycles. The molecule has 2 saturated carbocycles. The fraction of sp³-hybridized carbons (Fsp3) is 0.889. The van der Waals surface area contributed by atoms with E-state index in [1.807, 2.05) is 0 Å². The van der Waals surface area contributed by atoms with Gasteiger partial charge in [-0.25, -0.2) is 4.94 Å². The lowest BCUT2D eigenvalue weighted by Gasteiger charge is -2.26. The van der Waals surface area contributed by atoms with Gasteiger partial charge in [0, 0.05) is 12.3 Å². The minimum atomic E-state index is 0.216. The molecule has 0 radical (unpaired) electrons. The zero-order valence-corrected chi connectivity index (χ0v) is 7.45. The van der Waals surface area contributed by atoms with Crippen molar-refractivity contribution in [2.45, 2.75) is 37.8 Å². The Morgan fingerprint density at radius 2 is 2.31 bits per heavy atom. The molecule has 3 aliphatic rings. The van der Waals surface area contributed by atoms with Gasteiger partial charge in [-0.05, 0) is 25.2 Å². The van der Waals surface area contributed by atoms with Crippen LogP contribution in [0.25, 0.3) is 0 Å². The largest absolute Gasteiger partial charge is 0.299 e. The molecule has 3 fully saturated rings. The van der Waals surface area contributed by atoms with E-state index in [9.17, 15) is 4.79 Å². The Balaban J connectivity index is 1.86. The Hall–Kier alpha value is -0.450. The molecule has 1 saturated heterocycles. The van der Waals surface area contributed by atoms with Crippen LogP contribution in [-0.2, 0) is 9.73 Å². The van der Waals surface area contributed by atoms with Crippen molar-refractivity contribution in [3.8, 4) is 0 Å². The maximum Gasteiger partial charge on any atom is 0.137 e. The molecule has 4 atom stereocenters. The second-order valence-corrected chi connectivity index (χ2v) is 4.35. The molecule has 13 heavy (non-hydrogen) atoms. The van der Waals surface area contributed by atoms with Crippen molar-refractivity contribution in [1.82, 2.24) is 11.0 Å². The lowest BCUT2D eigenvalue weighted by atomic mass is 9.79. The van der Waals surface area contributed by atoms with Gasteiger partial charge >= 0.3 is 0 Å². The van der Waals surface area contributed by atoms with E-state index in [2.05, 4.69) is 11.0 Å². The van der Waals surface area contributed by atoms with Gasteiger partial charge in [-0.15, -0.1) is 0 Å². The predicted octanol–water partition coefficient (Wildman–Crippen LogP) is 0.152. The SMILES string of the molecule is O=C1CCCC2CC3NONC3C12. The van der Waals surface area contributed by atoms with Crippen LogP contribution in [0.2, 0.25) is 0 Å². The number of hydroxylamine groups is 2. The molecule has 0 aromatic rings. The van der Waals surface area contributed by atoms with Crippen LogP contribution >= 0.6 is 0 Å². The Bertz CT molecular complexity index is 244. The second kappa shape index (κ2) is 2.77. The monoisotopic (exact) mass is 182 g/mol. The van der Waals surface area contributed by atoms with Gasteiger partial charge in [0.15, 0.2) is 0 Å². The number of Topliss-reactive ketones (excluding diaryl/α,β-unsaturated/α-hetero) is 1. The molecule has 4 unspecified atom stereocenters. The van der Waals surface area contributed by atoms with E-state index in [4.69, 9.17) is 4.94 Å². The third-order valence-corrected chi connectivity index (χ3v) is 3.66. The Labute approximate surface area is 76.9 Å². The predicted molar refractivity (Wildman–Crippen MR) is 45.4 cm³/mol. The normalized spacial score (nSPS) is 49.1. The van der Waals surface area contributed by atoms with Crippen molar-refractivity contribution in [2.75, 3.05) is 0 Å². The fourth-order valence-corrected chi connectivity index (χ4v) is 3.08. The van der Waals surface area contributed by atoms with Gasteiger partial charge in [-0.2, -0.15) is 11.0 Å². The zero-order valence-electron chi connectivity index (χ0n) is 7.45. The highest BCUT2D eigenvalue weighted by Crippen LogP contribution is 2.41. The average Bonchev–Trinajstić information content (AvgIpc) is 2.62. The maximum absolute atomic E-state index is 11.7. The molecule has 4 nitrogen and oxygen atoms in total. The summed E-state index contributed by atoms with van der Waals surface area (Å²) in [5.41, 5.74) is 5.85. The van der Waals surface area contributed by atoms with Crippen LogP contribution in [0.3, 0.4) is 0 Å². The zero-order chi connectivity index (χ0) is 8.84. The highest BCUT2D eigenvalue weighted by molar-refractivity contribution is 5.83. The number of ketones is 1. The van der Waals surface area contributed by atoms with Crippen LogP contribution < -0.4 is 11.0 Å². The Morgan fingerprint density at radius 1 is 1.38 bits per heavy atom. The number of hydrogen-bond donors (Lipinski definition) is 2. The molecule has 72 valence electrons. The van der Waals surface area contributed by atoms with Crippen molar-refractivity contribution in [3.63, 3.8) is 0 Å². The number of carbonyl (C=O) groups excluding carboxylic acids is 1. The molecule has 3 rings (SSSR count). The summed E-state index contributed by atoms with van der Waals surface area (Å²) in [7, 11) is 0. The molecule has 2 aliphatic carbocycles. The smallest absolute Gasteiger partial charge is 0.137 e. The number of rotatable bonds is 0.